The highest BCUT2D eigenvalue weighted by Gasteiger charge is 2.15. The Labute approximate surface area is 170 Å². The summed E-state index contributed by atoms with van der Waals surface area (Å²) in [5.41, 5.74) is 4.26. The van der Waals surface area contributed by atoms with E-state index in [9.17, 15) is 4.79 Å². The standard InChI is InChI=1S/C21H15ClN6O/c1-13-5-6-14(20-25-19-11-15(22)7-9-28(19)26-20)10-16(13)24-21(29)17-12-23-18-4-2-3-8-27(17)18/h2-12H,1H3,(H,24,29). The number of fused-ring (bicyclic) bond motifs is 2. The van der Waals surface area contributed by atoms with Gasteiger partial charge in [-0.1, -0.05) is 29.8 Å². The molecule has 0 aliphatic heterocycles. The second-order valence-corrected chi connectivity index (χ2v) is 7.08. The second-order valence-electron chi connectivity index (χ2n) is 6.64. The first-order valence-electron chi connectivity index (χ1n) is 8.95. The molecular weight excluding hydrogens is 388 g/mol. The first kappa shape index (κ1) is 17.4. The molecule has 0 saturated heterocycles. The van der Waals surface area contributed by atoms with Crippen molar-refractivity contribution in [1.82, 2.24) is 24.0 Å². The van der Waals surface area contributed by atoms with Crippen molar-refractivity contribution in [3.63, 3.8) is 0 Å². The van der Waals surface area contributed by atoms with Gasteiger partial charge in [0, 0.05) is 34.7 Å². The van der Waals surface area contributed by atoms with Crippen LogP contribution in [0.1, 0.15) is 16.1 Å². The number of nitrogens with one attached hydrogen (secondary N) is 1. The number of aromatic nitrogens is 5. The fourth-order valence-electron chi connectivity index (χ4n) is 3.16. The third-order valence-corrected chi connectivity index (χ3v) is 4.93. The smallest absolute Gasteiger partial charge is 0.274 e. The summed E-state index contributed by atoms with van der Waals surface area (Å²) in [4.78, 5) is 21.6. The van der Waals surface area contributed by atoms with Gasteiger partial charge in [-0.2, -0.15) is 0 Å². The minimum absolute atomic E-state index is 0.237. The number of nitrogens with zero attached hydrogens (tertiary/aromatic N) is 5. The van der Waals surface area contributed by atoms with Gasteiger partial charge in [0.25, 0.3) is 5.91 Å². The van der Waals surface area contributed by atoms with Crippen molar-refractivity contribution in [1.29, 1.82) is 0 Å². The van der Waals surface area contributed by atoms with Gasteiger partial charge in [-0.15, -0.1) is 5.10 Å². The van der Waals surface area contributed by atoms with Crippen LogP contribution >= 0.6 is 11.6 Å². The highest BCUT2D eigenvalue weighted by Crippen LogP contribution is 2.25. The molecule has 0 fully saturated rings. The van der Waals surface area contributed by atoms with Gasteiger partial charge in [0.2, 0.25) is 0 Å². The van der Waals surface area contributed by atoms with E-state index in [-0.39, 0.29) is 5.91 Å². The van der Waals surface area contributed by atoms with Gasteiger partial charge >= 0.3 is 0 Å². The molecule has 29 heavy (non-hydrogen) atoms. The van der Waals surface area contributed by atoms with E-state index in [2.05, 4.69) is 20.4 Å². The minimum Gasteiger partial charge on any atom is -0.320 e. The zero-order chi connectivity index (χ0) is 20.0. The summed E-state index contributed by atoms with van der Waals surface area (Å²) in [7, 11) is 0. The maximum atomic E-state index is 12.8. The molecule has 142 valence electrons. The second kappa shape index (κ2) is 6.72. The molecule has 0 spiro atoms. The van der Waals surface area contributed by atoms with E-state index in [1.807, 2.05) is 49.5 Å². The number of rotatable bonds is 3. The molecule has 0 saturated carbocycles. The quantitative estimate of drug-likeness (QED) is 0.489. The van der Waals surface area contributed by atoms with Crippen molar-refractivity contribution in [2.45, 2.75) is 6.92 Å². The minimum atomic E-state index is -0.237. The summed E-state index contributed by atoms with van der Waals surface area (Å²) in [6.45, 7) is 1.94. The number of carbonyl (C=O) groups is 1. The lowest BCUT2D eigenvalue weighted by Crippen LogP contribution is -2.15. The summed E-state index contributed by atoms with van der Waals surface area (Å²) in [6.07, 6.45) is 5.14. The molecule has 7 nitrogen and oxygen atoms in total. The monoisotopic (exact) mass is 402 g/mol. The normalized spacial score (nSPS) is 11.2. The van der Waals surface area contributed by atoms with Crippen LogP contribution in [0, 0.1) is 6.92 Å². The maximum Gasteiger partial charge on any atom is 0.274 e. The molecule has 4 aromatic heterocycles. The fourth-order valence-corrected chi connectivity index (χ4v) is 3.32. The topological polar surface area (TPSA) is 76.6 Å². The van der Waals surface area contributed by atoms with Crippen molar-refractivity contribution in [3.8, 4) is 11.4 Å². The van der Waals surface area contributed by atoms with Gasteiger partial charge in [-0.05, 0) is 36.8 Å². The summed E-state index contributed by atoms with van der Waals surface area (Å²) in [5, 5.41) is 8.06. The molecule has 1 amide bonds. The van der Waals surface area contributed by atoms with Crippen LogP contribution in [0.2, 0.25) is 5.02 Å². The molecule has 0 aliphatic carbocycles. The molecule has 1 aromatic carbocycles. The van der Waals surface area contributed by atoms with Gasteiger partial charge < -0.3 is 5.32 Å². The van der Waals surface area contributed by atoms with Crippen molar-refractivity contribution < 1.29 is 4.79 Å². The lowest BCUT2D eigenvalue weighted by Gasteiger charge is -2.09. The van der Waals surface area contributed by atoms with Gasteiger partial charge in [0.15, 0.2) is 11.5 Å². The number of hydrogen-bond donors (Lipinski definition) is 1. The van der Waals surface area contributed by atoms with Crippen LogP contribution in [0.25, 0.3) is 22.7 Å². The van der Waals surface area contributed by atoms with Crippen molar-refractivity contribution >= 4 is 34.5 Å². The Morgan fingerprint density at radius 1 is 1.07 bits per heavy atom. The highest BCUT2D eigenvalue weighted by atomic mass is 35.5. The van der Waals surface area contributed by atoms with E-state index in [0.29, 0.717) is 27.9 Å². The summed E-state index contributed by atoms with van der Waals surface area (Å²) in [5.74, 6) is 0.316. The Hall–Kier alpha value is -3.71. The van der Waals surface area contributed by atoms with Crippen LogP contribution in [0.3, 0.4) is 0 Å². The highest BCUT2D eigenvalue weighted by molar-refractivity contribution is 6.30. The number of benzene rings is 1. The van der Waals surface area contributed by atoms with Crippen molar-refractivity contribution in [3.05, 3.63) is 83.4 Å². The van der Waals surface area contributed by atoms with Gasteiger partial charge in [-0.3, -0.25) is 9.20 Å². The Bertz CT molecular complexity index is 1390. The molecule has 0 radical (unpaired) electrons. The van der Waals surface area contributed by atoms with Gasteiger partial charge in [0.1, 0.15) is 11.3 Å². The third kappa shape index (κ3) is 3.11. The SMILES string of the molecule is Cc1ccc(-c2nc3cc(Cl)ccn3n2)cc1NC(=O)c1cnc2ccccn12. The first-order chi connectivity index (χ1) is 14.1. The number of aryl methyl sites for hydroxylation is 1. The average Bonchev–Trinajstić information content (AvgIpc) is 3.33. The number of amides is 1. The van der Waals surface area contributed by atoms with Crippen LogP contribution in [-0.2, 0) is 0 Å². The van der Waals surface area contributed by atoms with E-state index in [1.54, 1.807) is 33.4 Å². The molecule has 8 heteroatoms. The van der Waals surface area contributed by atoms with E-state index >= 15 is 0 Å². The lowest BCUT2D eigenvalue weighted by molar-refractivity contribution is 0.102. The lowest BCUT2D eigenvalue weighted by atomic mass is 10.1. The number of pyridine rings is 2. The van der Waals surface area contributed by atoms with Crippen molar-refractivity contribution in [2.75, 3.05) is 5.32 Å². The number of halogens is 1. The van der Waals surface area contributed by atoms with E-state index in [0.717, 1.165) is 16.8 Å². The van der Waals surface area contributed by atoms with Gasteiger partial charge in [0.05, 0.1) is 6.20 Å². The molecule has 0 atom stereocenters. The number of hydrogen-bond acceptors (Lipinski definition) is 4. The average molecular weight is 403 g/mol. The molecule has 0 unspecified atom stereocenters. The first-order valence-corrected chi connectivity index (χ1v) is 9.33. The predicted octanol–water partition coefficient (Wildman–Crippen LogP) is 4.26. The molecule has 5 rings (SSSR count). The molecule has 1 N–H and O–H groups in total. The number of carbonyl (C=O) groups excluding carboxylic acids is 1. The summed E-state index contributed by atoms with van der Waals surface area (Å²) >= 11 is 6.03. The Balaban J connectivity index is 1.49. The molecule has 5 aromatic rings. The van der Waals surface area contributed by atoms with E-state index < -0.39 is 0 Å². The Kier molecular flexibility index (Phi) is 4.03. The third-order valence-electron chi connectivity index (χ3n) is 4.69. The zero-order valence-corrected chi connectivity index (χ0v) is 16.1. The molecule has 4 heterocycles. The van der Waals surface area contributed by atoms with E-state index in [1.165, 1.54) is 0 Å². The van der Waals surface area contributed by atoms with Crippen LogP contribution in [-0.4, -0.2) is 29.9 Å². The Morgan fingerprint density at radius 3 is 2.86 bits per heavy atom. The van der Waals surface area contributed by atoms with Crippen molar-refractivity contribution in [2.24, 2.45) is 0 Å². The molecule has 0 aliphatic rings. The number of anilines is 1. The van der Waals surface area contributed by atoms with Crippen LogP contribution in [0.4, 0.5) is 5.69 Å². The molecular formula is C21H15ClN6O. The fraction of sp³-hybridized carbons (Fsp3) is 0.0476. The molecule has 0 bridgehead atoms. The predicted molar refractivity (Wildman–Crippen MR) is 111 cm³/mol. The number of imidazole rings is 1. The summed E-state index contributed by atoms with van der Waals surface area (Å²) in [6, 6.07) is 14.8. The largest absolute Gasteiger partial charge is 0.320 e. The van der Waals surface area contributed by atoms with Crippen LogP contribution in [0.5, 0.6) is 0 Å². The van der Waals surface area contributed by atoms with Gasteiger partial charge in [-0.25, -0.2) is 14.5 Å². The summed E-state index contributed by atoms with van der Waals surface area (Å²) < 4.78 is 3.42. The van der Waals surface area contributed by atoms with Crippen LogP contribution in [0.15, 0.2) is 67.1 Å². The maximum absolute atomic E-state index is 12.8. The van der Waals surface area contributed by atoms with Crippen LogP contribution < -0.4 is 5.32 Å². The Morgan fingerprint density at radius 2 is 1.97 bits per heavy atom. The zero-order valence-electron chi connectivity index (χ0n) is 15.4. The van der Waals surface area contributed by atoms with E-state index in [4.69, 9.17) is 11.6 Å².